The Morgan fingerprint density at radius 2 is 1.82 bits per heavy atom. The molecule has 0 saturated heterocycles. The average molecular weight is 159 g/mol. The van der Waals surface area contributed by atoms with Gasteiger partial charge in [0.1, 0.15) is 11.1 Å². The molecule has 0 unspecified atom stereocenters. The number of hydrogen-bond donors (Lipinski definition) is 0. The average Bonchev–Trinajstić information content (AvgIpc) is 1.86. The minimum atomic E-state index is -4.26. The van der Waals surface area contributed by atoms with Crippen molar-refractivity contribution in [1.29, 1.82) is 0 Å². The van der Waals surface area contributed by atoms with Gasteiger partial charge in [0.05, 0.1) is 6.07 Å². The molecule has 0 fully saturated rings. The van der Waals surface area contributed by atoms with E-state index in [-0.39, 0.29) is 0 Å². The minimum Gasteiger partial charge on any atom is -0.165 e. The van der Waals surface area contributed by atoms with Gasteiger partial charge in [-0.3, -0.25) is 0 Å². The van der Waals surface area contributed by atoms with Gasteiger partial charge in [-0.25, -0.2) is 0 Å². The maximum absolute atomic E-state index is 11.9. The van der Waals surface area contributed by atoms with Crippen LogP contribution in [0.1, 0.15) is 11.1 Å². The Hall–Kier alpha value is -1.12. The Kier molecular flexibility index (Phi) is 1.81. The highest BCUT2D eigenvalue weighted by atomic mass is 19.4. The number of benzene rings is 1. The zero-order chi connectivity index (χ0) is 8.48. The van der Waals surface area contributed by atoms with Crippen molar-refractivity contribution in [2.75, 3.05) is 0 Å². The molecule has 0 N–H and O–H groups in total. The maximum atomic E-state index is 11.9. The number of rotatable bonds is 0. The van der Waals surface area contributed by atoms with Crippen LogP contribution in [0.3, 0.4) is 0 Å². The van der Waals surface area contributed by atoms with Gasteiger partial charge in [0.2, 0.25) is 0 Å². The Bertz CT molecular complexity index is 250. The van der Waals surface area contributed by atoms with Crippen LogP contribution in [0, 0.1) is 6.92 Å². The van der Waals surface area contributed by atoms with Crippen molar-refractivity contribution in [2.45, 2.75) is 6.18 Å². The van der Waals surface area contributed by atoms with E-state index in [2.05, 4.69) is 6.92 Å². The molecule has 0 aliphatic carbocycles. The molecular formula is C8H6F3+. The van der Waals surface area contributed by atoms with Crippen LogP contribution in [-0.4, -0.2) is 0 Å². The highest BCUT2D eigenvalue weighted by Crippen LogP contribution is 2.29. The molecule has 0 radical (unpaired) electrons. The van der Waals surface area contributed by atoms with Gasteiger partial charge in [0, 0.05) is 13.0 Å². The fourth-order valence-corrected chi connectivity index (χ4v) is 0.748. The van der Waals surface area contributed by atoms with E-state index in [1.165, 1.54) is 12.1 Å². The summed E-state index contributed by atoms with van der Waals surface area (Å²) >= 11 is 0. The predicted octanol–water partition coefficient (Wildman–Crippen LogP) is 2.89. The smallest absolute Gasteiger partial charge is 0.165 e. The van der Waals surface area contributed by atoms with Crippen molar-refractivity contribution in [3.8, 4) is 0 Å². The summed E-state index contributed by atoms with van der Waals surface area (Å²) in [5.41, 5.74) is -0.273. The molecule has 0 amide bonds. The lowest BCUT2D eigenvalue weighted by atomic mass is 10.1. The van der Waals surface area contributed by atoms with Crippen molar-refractivity contribution >= 4 is 0 Å². The van der Waals surface area contributed by atoms with E-state index in [4.69, 9.17) is 0 Å². The van der Waals surface area contributed by atoms with E-state index in [0.29, 0.717) is 5.56 Å². The third-order valence-corrected chi connectivity index (χ3v) is 1.25. The van der Waals surface area contributed by atoms with E-state index in [9.17, 15) is 13.2 Å². The molecule has 1 aromatic rings. The van der Waals surface area contributed by atoms with Gasteiger partial charge in [-0.05, 0) is 12.1 Å². The number of hydrogen-bond acceptors (Lipinski definition) is 0. The van der Waals surface area contributed by atoms with Crippen LogP contribution in [0.4, 0.5) is 13.2 Å². The molecule has 0 heterocycles. The van der Waals surface area contributed by atoms with Crippen LogP contribution in [0.2, 0.25) is 0 Å². The summed E-state index contributed by atoms with van der Waals surface area (Å²) in [4.78, 5) is 0. The standard InChI is InChI=1S/C8H6F3/c1-6-3-2-4-7(5-6)8(9,10)11/h2-5H,1H2/q+1. The van der Waals surface area contributed by atoms with Crippen molar-refractivity contribution in [3.05, 3.63) is 42.3 Å². The van der Waals surface area contributed by atoms with Crippen LogP contribution >= 0.6 is 0 Å². The van der Waals surface area contributed by atoms with E-state index < -0.39 is 11.7 Å². The zero-order valence-corrected chi connectivity index (χ0v) is 5.65. The monoisotopic (exact) mass is 159 g/mol. The van der Waals surface area contributed by atoms with Crippen LogP contribution in [-0.2, 0) is 6.18 Å². The molecule has 0 aromatic heterocycles. The highest BCUT2D eigenvalue weighted by Gasteiger charge is 2.32. The molecule has 1 aromatic carbocycles. The lowest BCUT2D eigenvalue weighted by Crippen LogP contribution is -2.04. The Labute approximate surface area is 62.7 Å². The summed E-state index contributed by atoms with van der Waals surface area (Å²) in [5, 5.41) is 0. The van der Waals surface area contributed by atoms with Gasteiger partial charge in [-0.2, -0.15) is 13.2 Å². The third-order valence-electron chi connectivity index (χ3n) is 1.25. The van der Waals surface area contributed by atoms with Gasteiger partial charge in [-0.1, -0.05) is 0 Å². The molecule has 0 saturated carbocycles. The molecule has 1 rings (SSSR count). The molecule has 0 aliphatic rings. The van der Waals surface area contributed by atoms with Crippen molar-refractivity contribution in [1.82, 2.24) is 0 Å². The summed E-state index contributed by atoms with van der Waals surface area (Å²) < 4.78 is 35.8. The van der Waals surface area contributed by atoms with Crippen LogP contribution in [0.15, 0.2) is 24.3 Å². The van der Waals surface area contributed by atoms with E-state index in [0.717, 1.165) is 12.1 Å². The molecule has 0 bridgehead atoms. The van der Waals surface area contributed by atoms with Gasteiger partial charge in [0.25, 0.3) is 0 Å². The fraction of sp³-hybridized carbons (Fsp3) is 0.125. The Morgan fingerprint density at radius 1 is 1.18 bits per heavy atom. The van der Waals surface area contributed by atoms with Crippen LogP contribution < -0.4 is 0 Å². The van der Waals surface area contributed by atoms with E-state index in [1.54, 1.807) is 0 Å². The third kappa shape index (κ3) is 1.90. The summed E-state index contributed by atoms with van der Waals surface area (Å²) in [5.74, 6) is 0. The second kappa shape index (κ2) is 2.49. The molecule has 3 heteroatoms. The first-order valence-corrected chi connectivity index (χ1v) is 2.99. The van der Waals surface area contributed by atoms with Crippen LogP contribution in [0.5, 0.6) is 0 Å². The topological polar surface area (TPSA) is 0 Å². The normalized spacial score (nSPS) is 11.5. The Morgan fingerprint density at radius 3 is 2.18 bits per heavy atom. The van der Waals surface area contributed by atoms with Crippen molar-refractivity contribution in [3.63, 3.8) is 0 Å². The maximum Gasteiger partial charge on any atom is 0.428 e. The first-order valence-electron chi connectivity index (χ1n) is 2.99. The van der Waals surface area contributed by atoms with Crippen molar-refractivity contribution < 1.29 is 13.2 Å². The highest BCUT2D eigenvalue weighted by molar-refractivity contribution is 5.27. The van der Waals surface area contributed by atoms with Gasteiger partial charge in [-0.15, -0.1) is 0 Å². The van der Waals surface area contributed by atoms with Crippen LogP contribution in [0.25, 0.3) is 0 Å². The number of alkyl halides is 3. The summed E-state index contributed by atoms with van der Waals surface area (Å²) in [6, 6.07) is 4.90. The zero-order valence-electron chi connectivity index (χ0n) is 5.65. The SMILES string of the molecule is [CH2+]c1cccc(C(F)(F)F)c1. The summed E-state index contributed by atoms with van der Waals surface area (Å²) in [6.45, 7) is 3.39. The number of halogens is 3. The predicted molar refractivity (Wildman–Crippen MR) is 35.9 cm³/mol. The molecule has 0 aliphatic heterocycles. The molecule has 0 spiro atoms. The molecule has 0 nitrogen and oxygen atoms in total. The largest absolute Gasteiger partial charge is 0.428 e. The molecule has 58 valence electrons. The Balaban J connectivity index is 3.06. The van der Waals surface area contributed by atoms with Gasteiger partial charge >= 0.3 is 6.18 Å². The van der Waals surface area contributed by atoms with Gasteiger partial charge < -0.3 is 0 Å². The first-order chi connectivity index (χ1) is 5.00. The summed E-state index contributed by atoms with van der Waals surface area (Å²) in [6.07, 6.45) is -4.26. The first kappa shape index (κ1) is 7.98. The molecule has 11 heavy (non-hydrogen) atoms. The quantitative estimate of drug-likeness (QED) is 0.510. The second-order valence-electron chi connectivity index (χ2n) is 2.20. The minimum absolute atomic E-state index is 0.375. The van der Waals surface area contributed by atoms with E-state index >= 15 is 0 Å². The van der Waals surface area contributed by atoms with E-state index in [1.807, 2.05) is 0 Å². The van der Waals surface area contributed by atoms with Crippen molar-refractivity contribution in [2.24, 2.45) is 0 Å². The fourth-order valence-electron chi connectivity index (χ4n) is 0.748. The molecule has 0 atom stereocenters. The lowest BCUT2D eigenvalue weighted by molar-refractivity contribution is -0.137. The second-order valence-corrected chi connectivity index (χ2v) is 2.20. The van der Waals surface area contributed by atoms with Gasteiger partial charge in [0.15, 0.2) is 0 Å². The summed E-state index contributed by atoms with van der Waals surface area (Å²) in [7, 11) is 0. The lowest BCUT2D eigenvalue weighted by Gasteiger charge is -2.01. The molecular weight excluding hydrogens is 153 g/mol.